The third-order valence-corrected chi connectivity index (χ3v) is 4.22. The lowest BCUT2D eigenvalue weighted by atomic mass is 10.1. The molecule has 0 aliphatic heterocycles. The molecule has 0 saturated carbocycles. The maximum atomic E-state index is 5.47. The summed E-state index contributed by atoms with van der Waals surface area (Å²) in [5, 5.41) is 5.03. The van der Waals surface area contributed by atoms with E-state index in [0.29, 0.717) is 23.2 Å². The fraction of sp³-hybridized carbons (Fsp3) is 0.150. The molecule has 0 fully saturated rings. The first kappa shape index (κ1) is 16.1. The largest absolute Gasteiger partial charge is 0.497 e. The Bertz CT molecular complexity index is 1090. The van der Waals surface area contributed by atoms with Crippen LogP contribution < -0.4 is 9.47 Å². The van der Waals surface area contributed by atoms with Crippen molar-refractivity contribution in [3.8, 4) is 34.5 Å². The fourth-order valence-corrected chi connectivity index (χ4v) is 2.83. The van der Waals surface area contributed by atoms with Crippen LogP contribution in [-0.2, 0) is 0 Å². The molecule has 0 saturated heterocycles. The molecule has 0 unspecified atom stereocenters. The van der Waals surface area contributed by atoms with E-state index >= 15 is 0 Å². The standard InChI is InChI=1S/C20H17N3O3/c1-12-6-4-5-7-15(12)20-22-18(23-26-20)16-11-13-10-14(24-2)8-9-17(13)21-19(16)25-3/h4-11H,1-3H3. The molecule has 4 rings (SSSR count). The summed E-state index contributed by atoms with van der Waals surface area (Å²) in [7, 11) is 3.20. The summed E-state index contributed by atoms with van der Waals surface area (Å²) in [6.07, 6.45) is 0. The minimum absolute atomic E-state index is 0.428. The van der Waals surface area contributed by atoms with Crippen molar-refractivity contribution in [2.45, 2.75) is 6.92 Å². The van der Waals surface area contributed by atoms with Gasteiger partial charge < -0.3 is 14.0 Å². The molecule has 6 nitrogen and oxygen atoms in total. The zero-order chi connectivity index (χ0) is 18.1. The van der Waals surface area contributed by atoms with Gasteiger partial charge in [0, 0.05) is 10.9 Å². The summed E-state index contributed by atoms with van der Waals surface area (Å²) in [6, 6.07) is 15.5. The number of methoxy groups -OCH3 is 2. The molecule has 130 valence electrons. The van der Waals surface area contributed by atoms with Crippen molar-refractivity contribution in [3.05, 3.63) is 54.1 Å². The van der Waals surface area contributed by atoms with Gasteiger partial charge in [0.05, 0.1) is 25.3 Å². The highest BCUT2D eigenvalue weighted by Crippen LogP contribution is 2.33. The zero-order valence-electron chi connectivity index (χ0n) is 14.7. The molecule has 0 amide bonds. The number of hydrogen-bond donors (Lipinski definition) is 0. The second-order valence-electron chi connectivity index (χ2n) is 5.84. The number of hydrogen-bond acceptors (Lipinski definition) is 6. The first-order valence-corrected chi connectivity index (χ1v) is 8.12. The van der Waals surface area contributed by atoms with Crippen LogP contribution in [0.25, 0.3) is 33.7 Å². The molecule has 0 atom stereocenters. The monoisotopic (exact) mass is 347 g/mol. The van der Waals surface area contributed by atoms with Crippen LogP contribution >= 0.6 is 0 Å². The second-order valence-corrected chi connectivity index (χ2v) is 5.84. The number of pyridine rings is 1. The lowest BCUT2D eigenvalue weighted by Crippen LogP contribution is -1.94. The first-order chi connectivity index (χ1) is 12.7. The van der Waals surface area contributed by atoms with Gasteiger partial charge in [-0.25, -0.2) is 4.98 Å². The van der Waals surface area contributed by atoms with Crippen LogP contribution in [0.2, 0.25) is 0 Å². The van der Waals surface area contributed by atoms with Crippen molar-refractivity contribution in [1.29, 1.82) is 0 Å². The highest BCUT2D eigenvalue weighted by molar-refractivity contribution is 5.86. The summed E-state index contributed by atoms with van der Waals surface area (Å²) in [5.41, 5.74) is 3.43. The van der Waals surface area contributed by atoms with E-state index in [1.54, 1.807) is 14.2 Å². The van der Waals surface area contributed by atoms with Crippen LogP contribution in [0.3, 0.4) is 0 Å². The summed E-state index contributed by atoms with van der Waals surface area (Å²) < 4.78 is 16.2. The van der Waals surface area contributed by atoms with Gasteiger partial charge in [-0.2, -0.15) is 4.98 Å². The van der Waals surface area contributed by atoms with Gasteiger partial charge in [-0.3, -0.25) is 0 Å². The second kappa shape index (κ2) is 6.48. The Morgan fingerprint density at radius 1 is 0.885 bits per heavy atom. The smallest absolute Gasteiger partial charge is 0.258 e. The van der Waals surface area contributed by atoms with E-state index in [9.17, 15) is 0 Å². The zero-order valence-corrected chi connectivity index (χ0v) is 14.7. The molecule has 0 radical (unpaired) electrons. The lowest BCUT2D eigenvalue weighted by molar-refractivity contribution is 0.399. The van der Waals surface area contributed by atoms with E-state index in [-0.39, 0.29) is 0 Å². The van der Waals surface area contributed by atoms with Crippen LogP contribution in [0.4, 0.5) is 0 Å². The van der Waals surface area contributed by atoms with Crippen LogP contribution in [0.15, 0.2) is 53.1 Å². The van der Waals surface area contributed by atoms with Gasteiger partial charge in [0.2, 0.25) is 11.7 Å². The van der Waals surface area contributed by atoms with Gasteiger partial charge in [-0.05, 0) is 42.8 Å². The van der Waals surface area contributed by atoms with Crippen molar-refractivity contribution >= 4 is 10.9 Å². The molecule has 2 aromatic carbocycles. The van der Waals surface area contributed by atoms with E-state index in [4.69, 9.17) is 14.0 Å². The number of aryl methyl sites for hydroxylation is 1. The number of benzene rings is 2. The predicted octanol–water partition coefficient (Wildman–Crippen LogP) is 4.28. The summed E-state index contributed by atoms with van der Waals surface area (Å²) in [4.78, 5) is 9.09. The van der Waals surface area contributed by atoms with Gasteiger partial charge in [-0.1, -0.05) is 23.4 Å². The molecule has 0 aliphatic rings. The van der Waals surface area contributed by atoms with E-state index in [1.807, 2.05) is 55.5 Å². The Hall–Kier alpha value is -3.41. The highest BCUT2D eigenvalue weighted by Gasteiger charge is 2.17. The average Bonchev–Trinajstić information content (AvgIpc) is 3.16. The fourth-order valence-electron chi connectivity index (χ4n) is 2.83. The van der Waals surface area contributed by atoms with Gasteiger partial charge in [0.15, 0.2) is 0 Å². The average molecular weight is 347 g/mol. The summed E-state index contributed by atoms with van der Waals surface area (Å²) in [6.45, 7) is 2.00. The van der Waals surface area contributed by atoms with E-state index < -0.39 is 0 Å². The normalized spacial score (nSPS) is 10.9. The third kappa shape index (κ3) is 2.75. The van der Waals surface area contributed by atoms with Crippen molar-refractivity contribution in [2.75, 3.05) is 14.2 Å². The molecule has 2 aromatic heterocycles. The molecule has 0 aliphatic carbocycles. The minimum Gasteiger partial charge on any atom is -0.497 e. The van der Waals surface area contributed by atoms with E-state index in [2.05, 4.69) is 15.1 Å². The Labute approximate surface area is 150 Å². The van der Waals surface area contributed by atoms with E-state index in [0.717, 1.165) is 27.8 Å². The van der Waals surface area contributed by atoms with Gasteiger partial charge in [0.1, 0.15) is 5.75 Å². The third-order valence-electron chi connectivity index (χ3n) is 4.22. The molecule has 6 heteroatoms. The molecule has 26 heavy (non-hydrogen) atoms. The molecule has 2 heterocycles. The molecule has 0 bridgehead atoms. The Balaban J connectivity index is 1.84. The van der Waals surface area contributed by atoms with Gasteiger partial charge >= 0.3 is 0 Å². The van der Waals surface area contributed by atoms with Crippen LogP contribution in [0, 0.1) is 6.92 Å². The summed E-state index contributed by atoms with van der Waals surface area (Å²) >= 11 is 0. The number of nitrogens with zero attached hydrogens (tertiary/aromatic N) is 3. The van der Waals surface area contributed by atoms with Crippen LogP contribution in [-0.4, -0.2) is 29.3 Å². The topological polar surface area (TPSA) is 70.3 Å². The number of rotatable bonds is 4. The molecular weight excluding hydrogens is 330 g/mol. The Morgan fingerprint density at radius 3 is 2.50 bits per heavy atom. The number of ether oxygens (including phenoxy) is 2. The highest BCUT2D eigenvalue weighted by atomic mass is 16.5. The Kier molecular flexibility index (Phi) is 4.01. The van der Waals surface area contributed by atoms with Crippen molar-refractivity contribution in [3.63, 3.8) is 0 Å². The Morgan fingerprint density at radius 2 is 1.73 bits per heavy atom. The summed E-state index contributed by atoms with van der Waals surface area (Å²) in [5.74, 6) is 2.09. The predicted molar refractivity (Wildman–Crippen MR) is 98.3 cm³/mol. The molecule has 0 N–H and O–H groups in total. The lowest BCUT2D eigenvalue weighted by Gasteiger charge is -2.07. The van der Waals surface area contributed by atoms with Crippen molar-refractivity contribution in [2.24, 2.45) is 0 Å². The van der Waals surface area contributed by atoms with Crippen LogP contribution in [0.1, 0.15) is 5.56 Å². The van der Waals surface area contributed by atoms with Gasteiger partial charge in [-0.15, -0.1) is 0 Å². The number of aromatic nitrogens is 3. The maximum absolute atomic E-state index is 5.47. The van der Waals surface area contributed by atoms with E-state index in [1.165, 1.54) is 0 Å². The molecule has 4 aromatic rings. The molecule has 0 spiro atoms. The SMILES string of the molecule is COc1ccc2nc(OC)c(-c3noc(-c4ccccc4C)n3)cc2c1. The van der Waals surface area contributed by atoms with Crippen molar-refractivity contribution < 1.29 is 14.0 Å². The minimum atomic E-state index is 0.428. The maximum Gasteiger partial charge on any atom is 0.258 e. The quantitative estimate of drug-likeness (QED) is 0.549. The number of fused-ring (bicyclic) bond motifs is 1. The van der Waals surface area contributed by atoms with Crippen LogP contribution in [0.5, 0.6) is 11.6 Å². The van der Waals surface area contributed by atoms with Crippen molar-refractivity contribution in [1.82, 2.24) is 15.1 Å². The van der Waals surface area contributed by atoms with Gasteiger partial charge in [0.25, 0.3) is 5.89 Å². The first-order valence-electron chi connectivity index (χ1n) is 8.12. The molecular formula is C20H17N3O3.